The lowest BCUT2D eigenvalue weighted by Crippen LogP contribution is -2.29. The third-order valence-electron chi connectivity index (χ3n) is 3.59. The van der Waals surface area contributed by atoms with Crippen molar-refractivity contribution < 1.29 is 9.59 Å². The summed E-state index contributed by atoms with van der Waals surface area (Å²) < 4.78 is 0. The predicted octanol–water partition coefficient (Wildman–Crippen LogP) is 2.05. The summed E-state index contributed by atoms with van der Waals surface area (Å²) in [7, 11) is 0. The Hall–Kier alpha value is -1.84. The van der Waals surface area contributed by atoms with Crippen molar-refractivity contribution in [2.75, 3.05) is 18.0 Å². The summed E-state index contributed by atoms with van der Waals surface area (Å²) in [4.78, 5) is 24.7. The van der Waals surface area contributed by atoms with E-state index in [2.05, 4.69) is 11.4 Å². The van der Waals surface area contributed by atoms with Gasteiger partial charge in [0.1, 0.15) is 0 Å². The number of rotatable bonds is 4. The van der Waals surface area contributed by atoms with Crippen molar-refractivity contribution in [1.82, 2.24) is 5.32 Å². The molecule has 19 heavy (non-hydrogen) atoms. The Morgan fingerprint density at radius 3 is 2.79 bits per heavy atom. The zero-order valence-corrected chi connectivity index (χ0v) is 11.5. The number of para-hydroxylation sites is 1. The summed E-state index contributed by atoms with van der Waals surface area (Å²) in [6.07, 6.45) is 1.38. The molecule has 4 nitrogen and oxygen atoms in total. The number of anilines is 1. The van der Waals surface area contributed by atoms with E-state index in [1.807, 2.05) is 30.0 Å². The van der Waals surface area contributed by atoms with Gasteiger partial charge in [0.15, 0.2) is 0 Å². The van der Waals surface area contributed by atoms with E-state index < -0.39 is 0 Å². The quantitative estimate of drug-likeness (QED) is 0.900. The second kappa shape index (κ2) is 5.87. The first-order valence-electron chi connectivity index (χ1n) is 6.77. The number of fused-ring (bicyclic) bond motifs is 1. The summed E-state index contributed by atoms with van der Waals surface area (Å²) in [5.74, 6) is 0.472. The highest BCUT2D eigenvalue weighted by Gasteiger charge is 2.29. The maximum atomic E-state index is 11.6. The van der Waals surface area contributed by atoms with Crippen molar-refractivity contribution in [3.05, 3.63) is 29.8 Å². The van der Waals surface area contributed by atoms with E-state index >= 15 is 0 Å². The van der Waals surface area contributed by atoms with Gasteiger partial charge in [0.25, 0.3) is 0 Å². The highest BCUT2D eigenvalue weighted by molar-refractivity contribution is 5.94. The van der Waals surface area contributed by atoms with Gasteiger partial charge in [-0.25, -0.2) is 0 Å². The molecule has 102 valence electrons. The minimum atomic E-state index is 0.0764. The minimum absolute atomic E-state index is 0.0764. The first-order chi connectivity index (χ1) is 9.13. The van der Waals surface area contributed by atoms with Crippen molar-refractivity contribution in [1.29, 1.82) is 0 Å². The van der Waals surface area contributed by atoms with E-state index in [-0.39, 0.29) is 11.8 Å². The highest BCUT2D eigenvalue weighted by atomic mass is 16.2. The predicted molar refractivity (Wildman–Crippen MR) is 75.1 cm³/mol. The van der Waals surface area contributed by atoms with E-state index in [1.54, 1.807) is 6.92 Å². The Morgan fingerprint density at radius 2 is 2.11 bits per heavy atom. The standard InChI is InChI=1S/C15H20N2O2/c1-3-15(19)16-9-8-12-10-17(11(2)18)14-7-5-4-6-13(12)14/h4-7,12H,3,8-10H2,1-2H3,(H,16,19). The number of carbonyl (C=O) groups is 2. The molecule has 0 aliphatic carbocycles. The lowest BCUT2D eigenvalue weighted by molar-refractivity contribution is -0.121. The Labute approximate surface area is 113 Å². The molecular formula is C15H20N2O2. The van der Waals surface area contributed by atoms with Crippen LogP contribution in [0.4, 0.5) is 5.69 Å². The van der Waals surface area contributed by atoms with Crippen molar-refractivity contribution in [2.24, 2.45) is 0 Å². The SMILES string of the molecule is CCC(=O)NCCC1CN(C(C)=O)c2ccccc21. The smallest absolute Gasteiger partial charge is 0.223 e. The zero-order chi connectivity index (χ0) is 13.8. The van der Waals surface area contributed by atoms with Crippen LogP contribution in [0.1, 0.15) is 38.2 Å². The van der Waals surface area contributed by atoms with Crippen LogP contribution in [0.15, 0.2) is 24.3 Å². The van der Waals surface area contributed by atoms with Crippen molar-refractivity contribution >= 4 is 17.5 Å². The Balaban J connectivity index is 2.04. The van der Waals surface area contributed by atoms with Gasteiger partial charge in [-0.05, 0) is 18.1 Å². The first-order valence-corrected chi connectivity index (χ1v) is 6.77. The fourth-order valence-corrected chi connectivity index (χ4v) is 2.55. The van der Waals surface area contributed by atoms with Gasteiger partial charge in [0.05, 0.1) is 0 Å². The van der Waals surface area contributed by atoms with Crippen LogP contribution in [-0.4, -0.2) is 24.9 Å². The van der Waals surface area contributed by atoms with Gasteiger partial charge < -0.3 is 10.2 Å². The van der Waals surface area contributed by atoms with Crippen LogP contribution >= 0.6 is 0 Å². The van der Waals surface area contributed by atoms with Gasteiger partial charge in [0.2, 0.25) is 11.8 Å². The lowest BCUT2D eigenvalue weighted by Gasteiger charge is -2.15. The molecule has 1 aliphatic rings. The van der Waals surface area contributed by atoms with Gasteiger partial charge >= 0.3 is 0 Å². The normalized spacial score (nSPS) is 17.2. The minimum Gasteiger partial charge on any atom is -0.356 e. The van der Waals surface area contributed by atoms with Gasteiger partial charge in [-0.2, -0.15) is 0 Å². The van der Waals surface area contributed by atoms with Crippen LogP contribution in [0.2, 0.25) is 0 Å². The molecule has 1 aromatic carbocycles. The number of carbonyl (C=O) groups excluding carboxylic acids is 2. The molecule has 1 atom stereocenters. The van der Waals surface area contributed by atoms with Gasteiger partial charge in [0, 0.05) is 38.0 Å². The van der Waals surface area contributed by atoms with Crippen LogP contribution in [0.25, 0.3) is 0 Å². The Bertz CT molecular complexity index is 485. The molecule has 1 N–H and O–H groups in total. The number of amides is 2. The lowest BCUT2D eigenvalue weighted by atomic mass is 9.98. The molecule has 0 saturated carbocycles. The van der Waals surface area contributed by atoms with Crippen LogP contribution in [0.3, 0.4) is 0 Å². The second-order valence-electron chi connectivity index (χ2n) is 4.88. The maximum Gasteiger partial charge on any atom is 0.223 e. The van der Waals surface area contributed by atoms with E-state index in [1.165, 1.54) is 5.56 Å². The van der Waals surface area contributed by atoms with Gasteiger partial charge in [-0.15, -0.1) is 0 Å². The van der Waals surface area contributed by atoms with Crippen LogP contribution in [0, 0.1) is 0 Å². The molecule has 1 aromatic rings. The zero-order valence-electron chi connectivity index (χ0n) is 11.5. The number of nitrogens with zero attached hydrogens (tertiary/aromatic N) is 1. The fourth-order valence-electron chi connectivity index (χ4n) is 2.55. The number of hydrogen-bond donors (Lipinski definition) is 1. The molecule has 0 aromatic heterocycles. The molecule has 2 rings (SSSR count). The van der Waals surface area contributed by atoms with E-state index in [0.717, 1.165) is 18.7 Å². The topological polar surface area (TPSA) is 49.4 Å². The van der Waals surface area contributed by atoms with Crippen LogP contribution in [0.5, 0.6) is 0 Å². The van der Waals surface area contributed by atoms with Gasteiger partial charge in [-0.3, -0.25) is 9.59 Å². The fraction of sp³-hybridized carbons (Fsp3) is 0.467. The van der Waals surface area contributed by atoms with E-state index in [9.17, 15) is 9.59 Å². The molecule has 0 spiro atoms. The molecule has 2 amide bonds. The number of benzene rings is 1. The third-order valence-corrected chi connectivity index (χ3v) is 3.59. The monoisotopic (exact) mass is 260 g/mol. The molecule has 0 radical (unpaired) electrons. The summed E-state index contributed by atoms with van der Waals surface area (Å²) in [6, 6.07) is 8.02. The molecule has 4 heteroatoms. The van der Waals surface area contributed by atoms with Crippen LogP contribution < -0.4 is 10.2 Å². The van der Waals surface area contributed by atoms with Gasteiger partial charge in [-0.1, -0.05) is 25.1 Å². The third kappa shape index (κ3) is 2.95. The molecule has 0 fully saturated rings. The highest BCUT2D eigenvalue weighted by Crippen LogP contribution is 2.37. The first kappa shape index (κ1) is 13.6. The van der Waals surface area contributed by atoms with Crippen molar-refractivity contribution in [2.45, 2.75) is 32.6 Å². The summed E-state index contributed by atoms with van der Waals surface area (Å²) in [5, 5.41) is 2.89. The number of hydrogen-bond acceptors (Lipinski definition) is 2. The Morgan fingerprint density at radius 1 is 1.37 bits per heavy atom. The second-order valence-corrected chi connectivity index (χ2v) is 4.88. The summed E-state index contributed by atoms with van der Waals surface area (Å²) in [5.41, 5.74) is 2.23. The van der Waals surface area contributed by atoms with Crippen molar-refractivity contribution in [3.63, 3.8) is 0 Å². The molecule has 0 bridgehead atoms. The molecular weight excluding hydrogens is 240 g/mol. The Kier molecular flexibility index (Phi) is 4.20. The molecule has 1 aliphatic heterocycles. The van der Waals surface area contributed by atoms with E-state index in [4.69, 9.17) is 0 Å². The summed E-state index contributed by atoms with van der Waals surface area (Å²) >= 11 is 0. The van der Waals surface area contributed by atoms with E-state index in [0.29, 0.717) is 18.9 Å². The molecule has 1 unspecified atom stereocenters. The average molecular weight is 260 g/mol. The molecule has 0 saturated heterocycles. The summed E-state index contributed by atoms with van der Waals surface area (Å²) in [6.45, 7) is 4.82. The largest absolute Gasteiger partial charge is 0.356 e. The average Bonchev–Trinajstić information content (AvgIpc) is 2.78. The van der Waals surface area contributed by atoms with Crippen molar-refractivity contribution in [3.8, 4) is 0 Å². The maximum absolute atomic E-state index is 11.6. The number of nitrogens with one attached hydrogen (secondary N) is 1. The van der Waals surface area contributed by atoms with Crippen LogP contribution in [-0.2, 0) is 9.59 Å². The molecule has 1 heterocycles.